The van der Waals surface area contributed by atoms with Crippen LogP contribution in [0.4, 0.5) is 0 Å². The first-order valence-corrected chi connectivity index (χ1v) is 8.67. The number of methoxy groups -OCH3 is 3. The zero-order valence-electron chi connectivity index (χ0n) is 14.7. The molecule has 25 heavy (non-hydrogen) atoms. The lowest BCUT2D eigenvalue weighted by atomic mass is 9.96. The highest BCUT2D eigenvalue weighted by Crippen LogP contribution is 2.68. The van der Waals surface area contributed by atoms with Crippen molar-refractivity contribution in [3.8, 4) is 0 Å². The van der Waals surface area contributed by atoms with Crippen LogP contribution >= 0.6 is 0 Å². The van der Waals surface area contributed by atoms with Crippen LogP contribution < -0.4 is 0 Å². The topological polar surface area (TPSA) is 96.0 Å². The predicted octanol–water partition coefficient (Wildman–Crippen LogP) is 1.32. The van der Waals surface area contributed by atoms with Gasteiger partial charge in [-0.1, -0.05) is 26.0 Å². The van der Waals surface area contributed by atoms with Gasteiger partial charge in [0.25, 0.3) is 0 Å². The van der Waals surface area contributed by atoms with Crippen molar-refractivity contribution in [1.82, 2.24) is 0 Å². The lowest BCUT2D eigenvalue weighted by Crippen LogP contribution is -2.35. The monoisotopic (exact) mass is 368 g/mol. The van der Waals surface area contributed by atoms with E-state index in [2.05, 4.69) is 0 Å². The van der Waals surface area contributed by atoms with Crippen LogP contribution in [0.15, 0.2) is 29.2 Å². The largest absolute Gasteiger partial charge is 0.468 e. The molecule has 0 amide bonds. The number of esters is 3. The molecule has 1 saturated carbocycles. The molecule has 0 aromatic heterocycles. The highest BCUT2D eigenvalue weighted by molar-refractivity contribution is 7.86. The summed E-state index contributed by atoms with van der Waals surface area (Å²) < 4.78 is 27.5. The number of hydrogen-bond donors (Lipinski definition) is 0. The Bertz CT molecular complexity index is 737. The van der Waals surface area contributed by atoms with E-state index in [1.165, 1.54) is 19.2 Å². The van der Waals surface area contributed by atoms with Crippen molar-refractivity contribution < 1.29 is 32.8 Å². The molecule has 0 N–H and O–H groups in total. The number of rotatable bonds is 5. The molecule has 0 saturated heterocycles. The van der Waals surface area contributed by atoms with Crippen molar-refractivity contribution in [2.24, 2.45) is 10.8 Å². The molecule has 2 atom stereocenters. The van der Waals surface area contributed by atoms with Gasteiger partial charge in [-0.05, 0) is 12.1 Å². The summed E-state index contributed by atoms with van der Waals surface area (Å²) in [5.41, 5.74) is -2.54. The van der Waals surface area contributed by atoms with Crippen LogP contribution in [-0.4, -0.2) is 48.7 Å². The van der Waals surface area contributed by atoms with E-state index in [4.69, 9.17) is 14.2 Å². The van der Waals surface area contributed by atoms with Gasteiger partial charge in [-0.2, -0.15) is 0 Å². The maximum atomic E-state index is 13.2. The molecule has 2 rings (SSSR count). The number of hydrogen-bond acceptors (Lipinski definition) is 7. The van der Waals surface area contributed by atoms with Crippen molar-refractivity contribution in [1.29, 1.82) is 0 Å². The SMILES string of the molecule is COC(=O)c1ccccc1S(=O)C1C(C)(C)C1(C(=O)OC)C(=O)OC. The Kier molecular flexibility index (Phi) is 5.04. The molecule has 1 aromatic carbocycles. The number of benzene rings is 1. The van der Waals surface area contributed by atoms with Crippen LogP contribution in [-0.2, 0) is 34.6 Å². The maximum Gasteiger partial charge on any atom is 0.339 e. The fourth-order valence-electron chi connectivity index (χ4n) is 3.34. The first-order chi connectivity index (χ1) is 11.7. The fourth-order valence-corrected chi connectivity index (χ4v) is 5.64. The molecule has 0 heterocycles. The third-order valence-electron chi connectivity index (χ3n) is 4.72. The van der Waals surface area contributed by atoms with Gasteiger partial charge in [-0.15, -0.1) is 0 Å². The summed E-state index contributed by atoms with van der Waals surface area (Å²) in [6.07, 6.45) is 0. The van der Waals surface area contributed by atoms with Crippen molar-refractivity contribution in [2.75, 3.05) is 21.3 Å². The molecular formula is C17H20O7S. The van der Waals surface area contributed by atoms with E-state index < -0.39 is 44.8 Å². The number of carbonyl (C=O) groups excluding carboxylic acids is 3. The highest BCUT2D eigenvalue weighted by atomic mass is 32.2. The second kappa shape index (κ2) is 6.59. The molecule has 1 aromatic rings. The van der Waals surface area contributed by atoms with E-state index in [-0.39, 0.29) is 10.5 Å². The molecule has 1 aliphatic rings. The molecule has 2 unspecified atom stereocenters. The van der Waals surface area contributed by atoms with Gasteiger partial charge in [0.15, 0.2) is 5.41 Å². The molecule has 8 heteroatoms. The van der Waals surface area contributed by atoms with E-state index in [1.807, 2.05) is 0 Å². The van der Waals surface area contributed by atoms with E-state index in [0.29, 0.717) is 0 Å². The third-order valence-corrected chi connectivity index (χ3v) is 6.88. The Labute approximate surface area is 148 Å². The van der Waals surface area contributed by atoms with Gasteiger partial charge in [0, 0.05) is 5.41 Å². The van der Waals surface area contributed by atoms with Crippen molar-refractivity contribution in [3.63, 3.8) is 0 Å². The summed E-state index contributed by atoms with van der Waals surface area (Å²) in [6.45, 7) is 3.29. The Morgan fingerprint density at radius 3 is 1.96 bits per heavy atom. The third kappa shape index (κ3) is 2.55. The van der Waals surface area contributed by atoms with Gasteiger partial charge in [0.1, 0.15) is 0 Å². The summed E-state index contributed by atoms with van der Waals surface area (Å²) in [5.74, 6) is -2.26. The first kappa shape index (κ1) is 19.1. The molecular weight excluding hydrogens is 348 g/mol. The van der Waals surface area contributed by atoms with E-state index in [1.54, 1.807) is 26.0 Å². The fraction of sp³-hybridized carbons (Fsp3) is 0.471. The zero-order chi connectivity index (χ0) is 19.0. The van der Waals surface area contributed by atoms with Crippen LogP contribution in [0.3, 0.4) is 0 Å². The zero-order valence-corrected chi connectivity index (χ0v) is 15.5. The van der Waals surface area contributed by atoms with Gasteiger partial charge in [0.05, 0.1) is 47.8 Å². The van der Waals surface area contributed by atoms with Crippen LogP contribution in [0, 0.1) is 10.8 Å². The van der Waals surface area contributed by atoms with Crippen molar-refractivity contribution in [3.05, 3.63) is 29.8 Å². The first-order valence-electron chi connectivity index (χ1n) is 7.46. The highest BCUT2D eigenvalue weighted by Gasteiger charge is 2.84. The maximum absolute atomic E-state index is 13.2. The minimum Gasteiger partial charge on any atom is -0.468 e. The Morgan fingerprint density at radius 1 is 0.960 bits per heavy atom. The van der Waals surface area contributed by atoms with Crippen LogP contribution in [0.5, 0.6) is 0 Å². The van der Waals surface area contributed by atoms with E-state index in [9.17, 15) is 18.6 Å². The average Bonchev–Trinajstić information content (AvgIpc) is 3.16. The molecule has 7 nitrogen and oxygen atoms in total. The van der Waals surface area contributed by atoms with Gasteiger partial charge < -0.3 is 14.2 Å². The summed E-state index contributed by atoms with van der Waals surface area (Å²) >= 11 is 0. The Hall–Kier alpha value is -2.22. The summed E-state index contributed by atoms with van der Waals surface area (Å²) in [4.78, 5) is 36.9. The Morgan fingerprint density at radius 2 is 1.48 bits per heavy atom. The standard InChI is InChI=1S/C17H20O7S/c1-16(2)13(17(16,14(19)23-4)15(20)24-5)25(21)11-9-7-6-8-10(11)12(18)22-3/h6-9,13H,1-5H3. The van der Waals surface area contributed by atoms with E-state index in [0.717, 1.165) is 14.2 Å². The molecule has 0 radical (unpaired) electrons. The molecule has 0 aliphatic heterocycles. The van der Waals surface area contributed by atoms with Gasteiger partial charge in [-0.25, -0.2) is 4.79 Å². The van der Waals surface area contributed by atoms with Crippen molar-refractivity contribution >= 4 is 28.7 Å². The quantitative estimate of drug-likeness (QED) is 0.439. The van der Waals surface area contributed by atoms with Gasteiger partial charge >= 0.3 is 17.9 Å². The second-order valence-electron chi connectivity index (χ2n) is 6.18. The summed E-state index contributed by atoms with van der Waals surface area (Å²) in [7, 11) is 1.69. The normalized spacial score (nSPS) is 20.9. The molecule has 1 aliphatic carbocycles. The molecule has 1 fully saturated rings. The smallest absolute Gasteiger partial charge is 0.339 e. The van der Waals surface area contributed by atoms with E-state index >= 15 is 0 Å². The lowest BCUT2D eigenvalue weighted by Gasteiger charge is -2.14. The molecule has 0 bridgehead atoms. The van der Waals surface area contributed by atoms with Crippen LogP contribution in [0.1, 0.15) is 24.2 Å². The predicted molar refractivity (Wildman–Crippen MR) is 88.2 cm³/mol. The van der Waals surface area contributed by atoms with Gasteiger partial charge in [-0.3, -0.25) is 13.8 Å². The minimum absolute atomic E-state index is 0.120. The lowest BCUT2D eigenvalue weighted by molar-refractivity contribution is -0.163. The van der Waals surface area contributed by atoms with Crippen LogP contribution in [0.2, 0.25) is 0 Å². The second-order valence-corrected chi connectivity index (χ2v) is 7.68. The Balaban J connectivity index is 2.56. The molecule has 136 valence electrons. The summed E-state index contributed by atoms with van der Waals surface area (Å²) in [5, 5.41) is -0.897. The minimum atomic E-state index is -1.84. The number of carbonyl (C=O) groups is 3. The summed E-state index contributed by atoms with van der Waals surface area (Å²) in [6, 6.07) is 6.22. The van der Waals surface area contributed by atoms with Crippen LogP contribution in [0.25, 0.3) is 0 Å². The van der Waals surface area contributed by atoms with Crippen molar-refractivity contribution in [2.45, 2.75) is 24.0 Å². The van der Waals surface area contributed by atoms with Gasteiger partial charge in [0.2, 0.25) is 0 Å². The molecule has 0 spiro atoms. The number of ether oxygens (including phenoxy) is 3. The average molecular weight is 368 g/mol.